The Morgan fingerprint density at radius 1 is 0.769 bits per heavy atom. The first kappa shape index (κ1) is 28.6. The second-order valence-electron chi connectivity index (χ2n) is 12.6. The SMILES string of the molecule is O=C(CCCN1CCCC1)N1CCCC2(CCCN(C(=O)CCCN3CC[C@@H](OCc4ccccc4)C3)C2)C1. The lowest BCUT2D eigenvalue weighted by molar-refractivity contribution is -0.140. The minimum absolute atomic E-state index is 0.106. The van der Waals surface area contributed by atoms with E-state index in [9.17, 15) is 9.59 Å². The number of hydrogen-bond donors (Lipinski definition) is 0. The molecule has 7 nitrogen and oxygen atoms in total. The van der Waals surface area contributed by atoms with Crippen LogP contribution in [-0.4, -0.2) is 103 Å². The zero-order chi connectivity index (χ0) is 26.9. The molecule has 4 aliphatic heterocycles. The van der Waals surface area contributed by atoms with Gasteiger partial charge in [-0.1, -0.05) is 30.3 Å². The highest BCUT2D eigenvalue weighted by Crippen LogP contribution is 2.39. The van der Waals surface area contributed by atoms with Crippen LogP contribution in [0, 0.1) is 5.41 Å². The Morgan fingerprint density at radius 2 is 1.38 bits per heavy atom. The topological polar surface area (TPSA) is 56.3 Å². The quantitative estimate of drug-likeness (QED) is 0.423. The molecule has 1 aromatic rings. The molecule has 0 radical (unpaired) electrons. The molecule has 0 N–H and O–H groups in total. The maximum absolute atomic E-state index is 13.2. The van der Waals surface area contributed by atoms with Crippen LogP contribution in [0.5, 0.6) is 0 Å². The zero-order valence-electron chi connectivity index (χ0n) is 24.0. The number of carbonyl (C=O) groups excluding carboxylic acids is 2. The third-order valence-corrected chi connectivity index (χ3v) is 9.51. The Hall–Kier alpha value is -1.96. The molecule has 1 spiro atoms. The monoisotopic (exact) mass is 538 g/mol. The average Bonchev–Trinajstić information content (AvgIpc) is 3.65. The first-order valence-corrected chi connectivity index (χ1v) is 15.7. The first-order valence-electron chi connectivity index (χ1n) is 15.7. The van der Waals surface area contributed by atoms with E-state index < -0.39 is 0 Å². The molecule has 216 valence electrons. The number of nitrogens with zero attached hydrogens (tertiary/aromatic N) is 4. The van der Waals surface area contributed by atoms with Gasteiger partial charge in [0.05, 0.1) is 12.7 Å². The molecule has 4 fully saturated rings. The fraction of sp³-hybridized carbons (Fsp3) is 0.750. The van der Waals surface area contributed by atoms with Crippen molar-refractivity contribution in [3.63, 3.8) is 0 Å². The molecule has 7 heteroatoms. The highest BCUT2D eigenvalue weighted by molar-refractivity contribution is 5.77. The van der Waals surface area contributed by atoms with Gasteiger partial charge in [0.1, 0.15) is 0 Å². The lowest BCUT2D eigenvalue weighted by Crippen LogP contribution is -2.54. The van der Waals surface area contributed by atoms with Gasteiger partial charge in [0.2, 0.25) is 11.8 Å². The highest BCUT2D eigenvalue weighted by Gasteiger charge is 2.41. The Morgan fingerprint density at radius 3 is 2.03 bits per heavy atom. The van der Waals surface area contributed by atoms with E-state index >= 15 is 0 Å². The van der Waals surface area contributed by atoms with Crippen LogP contribution < -0.4 is 0 Å². The molecule has 4 heterocycles. The van der Waals surface area contributed by atoms with E-state index in [2.05, 4.69) is 43.9 Å². The zero-order valence-corrected chi connectivity index (χ0v) is 24.0. The molecule has 0 bridgehead atoms. The minimum atomic E-state index is 0.106. The van der Waals surface area contributed by atoms with Crippen molar-refractivity contribution in [3.8, 4) is 0 Å². The maximum Gasteiger partial charge on any atom is 0.222 e. The Bertz CT molecular complexity index is 917. The number of amides is 2. The van der Waals surface area contributed by atoms with E-state index in [1.165, 1.54) is 31.5 Å². The van der Waals surface area contributed by atoms with Crippen molar-refractivity contribution in [3.05, 3.63) is 35.9 Å². The lowest BCUT2D eigenvalue weighted by Gasteiger charge is -2.48. The summed E-state index contributed by atoms with van der Waals surface area (Å²) in [4.78, 5) is 35.4. The van der Waals surface area contributed by atoms with Gasteiger partial charge in [-0.2, -0.15) is 0 Å². The molecular weight excluding hydrogens is 488 g/mol. The number of piperidine rings is 2. The molecule has 1 aromatic carbocycles. The van der Waals surface area contributed by atoms with Gasteiger partial charge in [0.15, 0.2) is 0 Å². The molecule has 0 aliphatic carbocycles. The molecule has 1 unspecified atom stereocenters. The number of ether oxygens (including phenoxy) is 1. The average molecular weight is 539 g/mol. The standard InChI is InChI=1S/C32H50N4O3/c37-30(12-6-19-33-17-4-5-18-33)35-21-8-15-32(26-35)16-9-22-36(27-32)31(38)13-7-20-34-23-14-29(24-34)39-25-28-10-2-1-3-11-28/h1-3,10-11,29H,4-9,12-27H2/t29-,32?/m1/s1. The molecule has 2 amide bonds. The van der Waals surface area contributed by atoms with Gasteiger partial charge in [-0.3, -0.25) is 9.59 Å². The molecule has 4 aliphatic rings. The predicted octanol–water partition coefficient (Wildman–Crippen LogP) is 4.16. The molecule has 2 atom stereocenters. The van der Waals surface area contributed by atoms with E-state index in [4.69, 9.17) is 4.74 Å². The second-order valence-corrected chi connectivity index (χ2v) is 12.6. The summed E-state index contributed by atoms with van der Waals surface area (Å²) in [6.07, 6.45) is 11.6. The van der Waals surface area contributed by atoms with Crippen LogP contribution in [0.2, 0.25) is 0 Å². The number of hydrogen-bond acceptors (Lipinski definition) is 5. The molecule has 0 aromatic heterocycles. The summed E-state index contributed by atoms with van der Waals surface area (Å²) in [6, 6.07) is 10.4. The van der Waals surface area contributed by atoms with Gasteiger partial charge in [-0.25, -0.2) is 0 Å². The fourth-order valence-corrected chi connectivity index (χ4v) is 7.33. The van der Waals surface area contributed by atoms with Gasteiger partial charge >= 0.3 is 0 Å². The molecular formula is C32H50N4O3. The normalized spacial score (nSPS) is 26.5. The predicted molar refractivity (Wildman–Crippen MR) is 154 cm³/mol. The summed E-state index contributed by atoms with van der Waals surface area (Å²) in [6.45, 7) is 10.6. The smallest absolute Gasteiger partial charge is 0.222 e. The van der Waals surface area contributed by atoms with Gasteiger partial charge in [-0.05, 0) is 89.5 Å². The Kier molecular flexibility index (Phi) is 10.3. The van der Waals surface area contributed by atoms with E-state index in [0.29, 0.717) is 37.4 Å². The van der Waals surface area contributed by atoms with E-state index in [1.54, 1.807) is 0 Å². The van der Waals surface area contributed by atoms with Gasteiger partial charge in [0.25, 0.3) is 0 Å². The second kappa shape index (κ2) is 14.1. The van der Waals surface area contributed by atoms with E-state index in [1.807, 2.05) is 6.07 Å². The summed E-state index contributed by atoms with van der Waals surface area (Å²) in [5.41, 5.74) is 1.33. The largest absolute Gasteiger partial charge is 0.372 e. The van der Waals surface area contributed by atoms with Crippen LogP contribution in [0.15, 0.2) is 30.3 Å². The number of likely N-dealkylation sites (tertiary alicyclic amines) is 4. The lowest BCUT2D eigenvalue weighted by atomic mass is 9.73. The summed E-state index contributed by atoms with van der Waals surface area (Å²) in [5.74, 6) is 0.632. The third kappa shape index (κ3) is 8.27. The maximum atomic E-state index is 13.2. The van der Waals surface area contributed by atoms with Crippen molar-refractivity contribution < 1.29 is 14.3 Å². The molecule has 4 saturated heterocycles. The molecule has 0 saturated carbocycles. The number of benzene rings is 1. The fourth-order valence-electron chi connectivity index (χ4n) is 7.33. The van der Waals surface area contributed by atoms with Crippen molar-refractivity contribution >= 4 is 11.8 Å². The van der Waals surface area contributed by atoms with Crippen LogP contribution in [0.3, 0.4) is 0 Å². The van der Waals surface area contributed by atoms with Crippen molar-refractivity contribution in [2.75, 3.05) is 65.4 Å². The molecule has 39 heavy (non-hydrogen) atoms. The van der Waals surface area contributed by atoms with Gasteiger partial charge in [-0.15, -0.1) is 0 Å². The van der Waals surface area contributed by atoms with Crippen molar-refractivity contribution in [2.24, 2.45) is 5.41 Å². The highest BCUT2D eigenvalue weighted by atomic mass is 16.5. The van der Waals surface area contributed by atoms with Crippen molar-refractivity contribution in [1.29, 1.82) is 0 Å². The minimum Gasteiger partial charge on any atom is -0.372 e. The summed E-state index contributed by atoms with van der Waals surface area (Å²) < 4.78 is 6.13. The van der Waals surface area contributed by atoms with Crippen molar-refractivity contribution in [1.82, 2.24) is 19.6 Å². The Balaban J connectivity index is 1.000. The first-order chi connectivity index (χ1) is 19.1. The van der Waals surface area contributed by atoms with Crippen LogP contribution >= 0.6 is 0 Å². The van der Waals surface area contributed by atoms with Crippen LogP contribution in [0.4, 0.5) is 0 Å². The van der Waals surface area contributed by atoms with Crippen molar-refractivity contribution in [2.45, 2.75) is 83.3 Å². The van der Waals surface area contributed by atoms with Gasteiger partial charge < -0.3 is 24.3 Å². The third-order valence-electron chi connectivity index (χ3n) is 9.51. The van der Waals surface area contributed by atoms with Gasteiger partial charge in [0, 0.05) is 57.5 Å². The van der Waals surface area contributed by atoms with Crippen LogP contribution in [0.25, 0.3) is 0 Å². The number of rotatable bonds is 11. The summed E-state index contributed by atoms with van der Waals surface area (Å²) >= 11 is 0. The summed E-state index contributed by atoms with van der Waals surface area (Å²) in [7, 11) is 0. The van der Waals surface area contributed by atoms with E-state index in [-0.39, 0.29) is 5.41 Å². The van der Waals surface area contributed by atoms with Crippen LogP contribution in [0.1, 0.15) is 76.2 Å². The van der Waals surface area contributed by atoms with Crippen LogP contribution in [-0.2, 0) is 20.9 Å². The summed E-state index contributed by atoms with van der Waals surface area (Å²) in [5, 5.41) is 0. The number of carbonyl (C=O) groups is 2. The Labute approximate surface area is 235 Å². The molecule has 5 rings (SSSR count). The van der Waals surface area contributed by atoms with E-state index in [0.717, 1.165) is 97.3 Å².